The zero-order valence-electron chi connectivity index (χ0n) is 10.6. The van der Waals surface area contributed by atoms with E-state index in [0.717, 1.165) is 10.9 Å². The second-order valence-electron chi connectivity index (χ2n) is 4.22. The SMILES string of the molecule is COC(=O)c1cc2noc(-c3ccccc3)c2cc1Cl. The van der Waals surface area contributed by atoms with Gasteiger partial charge in [-0.25, -0.2) is 4.79 Å². The highest BCUT2D eigenvalue weighted by molar-refractivity contribution is 6.34. The minimum Gasteiger partial charge on any atom is -0.465 e. The molecule has 3 rings (SSSR count). The van der Waals surface area contributed by atoms with Crippen LogP contribution in [0.1, 0.15) is 10.4 Å². The van der Waals surface area contributed by atoms with Crippen LogP contribution in [-0.4, -0.2) is 18.2 Å². The molecular formula is C15H10ClNO3. The Morgan fingerprint density at radius 3 is 2.70 bits per heavy atom. The Hall–Kier alpha value is -2.33. The predicted octanol–water partition coefficient (Wildman–Crippen LogP) is 3.93. The first kappa shape index (κ1) is 12.7. The summed E-state index contributed by atoms with van der Waals surface area (Å²) in [5.74, 6) is 0.125. The lowest BCUT2D eigenvalue weighted by molar-refractivity contribution is 0.0601. The average Bonchev–Trinajstić information content (AvgIpc) is 2.89. The molecule has 3 aromatic rings. The first-order valence-corrected chi connectivity index (χ1v) is 6.31. The quantitative estimate of drug-likeness (QED) is 0.670. The number of fused-ring (bicyclic) bond motifs is 1. The minimum atomic E-state index is -0.499. The molecule has 0 saturated heterocycles. The van der Waals surface area contributed by atoms with Crippen molar-refractivity contribution in [1.82, 2.24) is 5.16 Å². The second kappa shape index (κ2) is 4.98. The van der Waals surface area contributed by atoms with Crippen LogP contribution in [0.5, 0.6) is 0 Å². The van der Waals surface area contributed by atoms with E-state index in [0.29, 0.717) is 16.3 Å². The van der Waals surface area contributed by atoms with E-state index in [1.54, 1.807) is 12.1 Å². The number of hydrogen-bond donors (Lipinski definition) is 0. The highest BCUT2D eigenvalue weighted by Gasteiger charge is 2.17. The largest absolute Gasteiger partial charge is 0.465 e. The van der Waals surface area contributed by atoms with Gasteiger partial charge in [0.15, 0.2) is 5.76 Å². The van der Waals surface area contributed by atoms with Gasteiger partial charge in [0.25, 0.3) is 0 Å². The molecule has 0 fully saturated rings. The minimum absolute atomic E-state index is 0.273. The maximum Gasteiger partial charge on any atom is 0.339 e. The molecular weight excluding hydrogens is 278 g/mol. The molecule has 0 amide bonds. The monoisotopic (exact) mass is 287 g/mol. The second-order valence-corrected chi connectivity index (χ2v) is 4.63. The lowest BCUT2D eigenvalue weighted by Crippen LogP contribution is -2.01. The number of aromatic nitrogens is 1. The fraction of sp³-hybridized carbons (Fsp3) is 0.0667. The molecule has 0 atom stereocenters. The third-order valence-electron chi connectivity index (χ3n) is 3.01. The molecule has 1 aromatic heterocycles. The predicted molar refractivity (Wildman–Crippen MR) is 75.8 cm³/mol. The van der Waals surface area contributed by atoms with Crippen molar-refractivity contribution in [2.75, 3.05) is 7.11 Å². The third kappa shape index (κ3) is 2.04. The maximum absolute atomic E-state index is 11.6. The molecule has 0 aliphatic rings. The first-order chi connectivity index (χ1) is 9.70. The highest BCUT2D eigenvalue weighted by Crippen LogP contribution is 2.32. The Labute approximate surface area is 119 Å². The summed E-state index contributed by atoms with van der Waals surface area (Å²) in [6.07, 6.45) is 0. The van der Waals surface area contributed by atoms with Gasteiger partial charge in [0.1, 0.15) is 5.52 Å². The zero-order valence-corrected chi connectivity index (χ0v) is 11.3. The van der Waals surface area contributed by atoms with Gasteiger partial charge in [-0.2, -0.15) is 0 Å². The topological polar surface area (TPSA) is 52.3 Å². The van der Waals surface area contributed by atoms with E-state index in [1.807, 2.05) is 30.3 Å². The lowest BCUT2D eigenvalue weighted by atomic mass is 10.1. The normalized spacial score (nSPS) is 10.7. The Morgan fingerprint density at radius 2 is 2.00 bits per heavy atom. The molecule has 0 spiro atoms. The van der Waals surface area contributed by atoms with Crippen molar-refractivity contribution in [3.8, 4) is 11.3 Å². The van der Waals surface area contributed by atoms with Gasteiger partial charge in [-0.3, -0.25) is 0 Å². The summed E-state index contributed by atoms with van der Waals surface area (Å²) in [5.41, 5.74) is 1.74. The number of ether oxygens (including phenoxy) is 1. The third-order valence-corrected chi connectivity index (χ3v) is 3.32. The molecule has 0 N–H and O–H groups in total. The van der Waals surface area contributed by atoms with Crippen LogP contribution in [0.25, 0.3) is 22.2 Å². The van der Waals surface area contributed by atoms with Gasteiger partial charge >= 0.3 is 5.97 Å². The number of carbonyl (C=O) groups is 1. The van der Waals surface area contributed by atoms with Gasteiger partial charge in [-0.1, -0.05) is 47.1 Å². The number of hydrogen-bond acceptors (Lipinski definition) is 4. The first-order valence-electron chi connectivity index (χ1n) is 5.93. The van der Waals surface area contributed by atoms with Gasteiger partial charge in [0, 0.05) is 5.56 Å². The molecule has 0 aliphatic carbocycles. The van der Waals surface area contributed by atoms with Crippen LogP contribution >= 0.6 is 11.6 Å². The van der Waals surface area contributed by atoms with E-state index in [1.165, 1.54) is 7.11 Å². The van der Waals surface area contributed by atoms with Crippen molar-refractivity contribution in [3.63, 3.8) is 0 Å². The maximum atomic E-state index is 11.6. The van der Waals surface area contributed by atoms with Gasteiger partial charge in [0.2, 0.25) is 0 Å². The van der Waals surface area contributed by atoms with Crippen molar-refractivity contribution in [2.45, 2.75) is 0 Å². The molecule has 5 heteroatoms. The van der Waals surface area contributed by atoms with E-state index in [9.17, 15) is 4.79 Å². The van der Waals surface area contributed by atoms with Gasteiger partial charge in [0.05, 0.1) is 23.1 Å². The highest BCUT2D eigenvalue weighted by atomic mass is 35.5. The van der Waals surface area contributed by atoms with Crippen LogP contribution in [0, 0.1) is 0 Å². The number of benzene rings is 2. The Morgan fingerprint density at radius 1 is 1.25 bits per heavy atom. The van der Waals surface area contributed by atoms with Crippen LogP contribution in [0.15, 0.2) is 47.0 Å². The summed E-state index contributed by atoms with van der Waals surface area (Å²) in [6.45, 7) is 0. The lowest BCUT2D eigenvalue weighted by Gasteiger charge is -2.02. The zero-order chi connectivity index (χ0) is 14.1. The summed E-state index contributed by atoms with van der Waals surface area (Å²) in [5, 5.41) is 5.04. The van der Waals surface area contributed by atoms with Crippen LogP contribution in [0.3, 0.4) is 0 Å². The summed E-state index contributed by atoms with van der Waals surface area (Å²) >= 11 is 6.12. The molecule has 1 heterocycles. The van der Waals surface area contributed by atoms with Crippen LogP contribution < -0.4 is 0 Å². The molecule has 0 saturated carbocycles. The molecule has 0 unspecified atom stereocenters. The van der Waals surface area contributed by atoms with Crippen molar-refractivity contribution < 1.29 is 14.1 Å². The molecule has 100 valence electrons. The number of halogens is 1. The Balaban J connectivity index is 2.20. The Bertz CT molecular complexity index is 780. The summed E-state index contributed by atoms with van der Waals surface area (Å²) in [4.78, 5) is 11.6. The number of carbonyl (C=O) groups excluding carboxylic acids is 1. The van der Waals surface area contributed by atoms with Crippen molar-refractivity contribution in [3.05, 3.63) is 53.1 Å². The van der Waals surface area contributed by atoms with E-state index < -0.39 is 5.97 Å². The summed E-state index contributed by atoms with van der Waals surface area (Å²) in [7, 11) is 1.31. The molecule has 0 radical (unpaired) electrons. The molecule has 4 nitrogen and oxygen atoms in total. The van der Waals surface area contributed by atoms with E-state index in [4.69, 9.17) is 16.1 Å². The molecule has 2 aromatic carbocycles. The number of esters is 1. The van der Waals surface area contributed by atoms with E-state index in [2.05, 4.69) is 9.89 Å². The van der Waals surface area contributed by atoms with Crippen molar-refractivity contribution in [1.29, 1.82) is 0 Å². The van der Waals surface area contributed by atoms with Crippen LogP contribution in [0.4, 0.5) is 0 Å². The smallest absolute Gasteiger partial charge is 0.339 e. The van der Waals surface area contributed by atoms with Crippen molar-refractivity contribution in [2.24, 2.45) is 0 Å². The molecule has 0 aliphatic heterocycles. The van der Waals surface area contributed by atoms with Crippen molar-refractivity contribution >= 4 is 28.5 Å². The van der Waals surface area contributed by atoms with Crippen LogP contribution in [0.2, 0.25) is 5.02 Å². The van der Waals surface area contributed by atoms with Gasteiger partial charge < -0.3 is 9.26 Å². The molecule has 20 heavy (non-hydrogen) atoms. The summed E-state index contributed by atoms with van der Waals surface area (Å²) in [6, 6.07) is 12.8. The fourth-order valence-electron chi connectivity index (χ4n) is 2.03. The average molecular weight is 288 g/mol. The number of rotatable bonds is 2. The Kier molecular flexibility index (Phi) is 3.16. The number of methoxy groups -OCH3 is 1. The van der Waals surface area contributed by atoms with Gasteiger partial charge in [-0.15, -0.1) is 0 Å². The van der Waals surface area contributed by atoms with Crippen LogP contribution in [-0.2, 0) is 4.74 Å². The van der Waals surface area contributed by atoms with Gasteiger partial charge in [-0.05, 0) is 12.1 Å². The number of nitrogens with zero attached hydrogens (tertiary/aromatic N) is 1. The van der Waals surface area contributed by atoms with E-state index in [-0.39, 0.29) is 5.56 Å². The standard InChI is InChI=1S/C15H10ClNO3/c1-19-15(18)10-8-13-11(7-12(10)16)14(20-17-13)9-5-3-2-4-6-9/h2-8H,1H3. The van der Waals surface area contributed by atoms with E-state index >= 15 is 0 Å². The molecule has 0 bridgehead atoms. The fourth-order valence-corrected chi connectivity index (χ4v) is 2.27. The summed E-state index contributed by atoms with van der Waals surface area (Å²) < 4.78 is 10.0.